The van der Waals surface area contributed by atoms with E-state index in [2.05, 4.69) is 23.3 Å². The van der Waals surface area contributed by atoms with E-state index in [1.807, 2.05) is 12.1 Å². The summed E-state index contributed by atoms with van der Waals surface area (Å²) in [6, 6.07) is 11.2. The van der Waals surface area contributed by atoms with Crippen LogP contribution in [0.2, 0.25) is 0 Å². The summed E-state index contributed by atoms with van der Waals surface area (Å²) in [4.78, 5) is 16.7. The predicted molar refractivity (Wildman–Crippen MR) is 135 cm³/mol. The molecule has 2 aliphatic rings. The van der Waals surface area contributed by atoms with E-state index < -0.39 is 28.7 Å². The van der Waals surface area contributed by atoms with Crippen molar-refractivity contribution in [2.24, 2.45) is 0 Å². The van der Waals surface area contributed by atoms with Gasteiger partial charge in [0.25, 0.3) is 5.91 Å². The molecule has 1 heterocycles. The number of alkyl halides is 3. The number of nitrogens with zero attached hydrogens (tertiary/aromatic N) is 2. The zero-order chi connectivity index (χ0) is 26.8. The van der Waals surface area contributed by atoms with Gasteiger partial charge in [0.05, 0.1) is 11.2 Å². The number of hydrogen-bond acceptors (Lipinski definition) is 4. The number of amides is 1. The maximum Gasteiger partial charge on any atom is 0.416 e. The number of hydrogen-bond donors (Lipinski definition) is 2. The average molecular weight is 513 g/mol. The van der Waals surface area contributed by atoms with Gasteiger partial charge in [-0.3, -0.25) is 9.69 Å². The van der Waals surface area contributed by atoms with E-state index in [1.54, 1.807) is 30.1 Å². The molecule has 2 N–H and O–H groups in total. The van der Waals surface area contributed by atoms with Crippen LogP contribution in [0.3, 0.4) is 0 Å². The lowest BCUT2D eigenvalue weighted by Gasteiger charge is -2.58. The molecule has 0 unspecified atom stereocenters. The molecular weight excluding hydrogens is 481 g/mol. The van der Waals surface area contributed by atoms with Crippen molar-refractivity contribution in [3.8, 4) is 17.6 Å². The van der Waals surface area contributed by atoms with Crippen molar-refractivity contribution >= 4 is 5.91 Å². The molecule has 1 saturated carbocycles. The molecule has 1 aliphatic heterocycles. The lowest BCUT2D eigenvalue weighted by molar-refractivity contribution is -0.143. The topological polar surface area (TPSA) is 64.0 Å². The van der Waals surface area contributed by atoms with Crippen LogP contribution in [0, 0.1) is 11.8 Å². The number of fused-ring (bicyclic) bond motifs is 1. The first-order valence-electron chi connectivity index (χ1n) is 12.3. The highest BCUT2D eigenvalue weighted by Gasteiger charge is 2.58. The van der Waals surface area contributed by atoms with Gasteiger partial charge in [0.1, 0.15) is 5.75 Å². The number of rotatable bonds is 4. The van der Waals surface area contributed by atoms with Gasteiger partial charge in [-0.1, -0.05) is 24.1 Å². The van der Waals surface area contributed by atoms with E-state index in [0.717, 1.165) is 24.2 Å². The van der Waals surface area contributed by atoms with Crippen molar-refractivity contribution in [2.75, 3.05) is 26.7 Å². The average Bonchev–Trinajstić information content (AvgIpc) is 2.86. The Morgan fingerprint density at radius 2 is 1.97 bits per heavy atom. The molecular formula is C29H31F3N2O3. The molecule has 2 aromatic carbocycles. The third-order valence-corrected chi connectivity index (χ3v) is 7.89. The van der Waals surface area contributed by atoms with Crippen molar-refractivity contribution in [3.05, 3.63) is 77.9 Å². The smallest absolute Gasteiger partial charge is 0.416 e. The first kappa shape index (κ1) is 26.8. The number of piperidine rings is 1. The second-order valence-corrected chi connectivity index (χ2v) is 10.1. The molecule has 1 amide bonds. The van der Waals surface area contributed by atoms with Crippen LogP contribution in [0.5, 0.6) is 5.75 Å². The van der Waals surface area contributed by atoms with E-state index in [1.165, 1.54) is 12.1 Å². The maximum atomic E-state index is 13.0. The summed E-state index contributed by atoms with van der Waals surface area (Å²) in [6.07, 6.45) is -0.430. The van der Waals surface area contributed by atoms with Gasteiger partial charge >= 0.3 is 6.18 Å². The standard InChI is InChI=1S/C29H31F3N2O3/c1-3-16-34-17-15-27(23-5-4-6-25(35)18-23)19-24(13-14-28(27,37)20-34)33(2)26(36)12-9-21-7-10-22(11-8-21)29(30,31)32/h3-8,10-11,18,24,35,37H,1,13-17,19-20H2,2H3/t24-,27+,28+/m1/s1. The molecule has 8 heteroatoms. The highest BCUT2D eigenvalue weighted by atomic mass is 19.4. The molecule has 4 rings (SSSR count). The molecule has 1 saturated heterocycles. The van der Waals surface area contributed by atoms with E-state index in [0.29, 0.717) is 44.3 Å². The molecule has 0 aromatic heterocycles. The second-order valence-electron chi connectivity index (χ2n) is 10.1. The number of aliphatic hydroxyl groups is 1. The van der Waals surface area contributed by atoms with Gasteiger partial charge in [0, 0.05) is 43.1 Å². The Morgan fingerprint density at radius 3 is 2.62 bits per heavy atom. The summed E-state index contributed by atoms with van der Waals surface area (Å²) in [6.45, 7) is 5.68. The van der Waals surface area contributed by atoms with Crippen LogP contribution in [0.15, 0.2) is 61.2 Å². The van der Waals surface area contributed by atoms with Crippen molar-refractivity contribution in [2.45, 2.75) is 48.9 Å². The minimum atomic E-state index is -4.43. The fourth-order valence-corrected chi connectivity index (χ4v) is 5.83. The van der Waals surface area contributed by atoms with E-state index in [-0.39, 0.29) is 11.8 Å². The Morgan fingerprint density at radius 1 is 1.24 bits per heavy atom. The minimum Gasteiger partial charge on any atom is -0.508 e. The monoisotopic (exact) mass is 512 g/mol. The van der Waals surface area contributed by atoms with Crippen LogP contribution in [0.25, 0.3) is 0 Å². The van der Waals surface area contributed by atoms with E-state index in [4.69, 9.17) is 0 Å². The predicted octanol–water partition coefficient (Wildman–Crippen LogP) is 4.33. The summed E-state index contributed by atoms with van der Waals surface area (Å²) in [5.74, 6) is 4.91. The number of carbonyl (C=O) groups is 1. The summed E-state index contributed by atoms with van der Waals surface area (Å²) in [5.41, 5.74) is -1.32. The number of phenols is 1. The number of aromatic hydroxyl groups is 1. The highest BCUT2D eigenvalue weighted by Crippen LogP contribution is 2.52. The van der Waals surface area contributed by atoms with Crippen LogP contribution in [0.4, 0.5) is 13.2 Å². The molecule has 0 radical (unpaired) electrons. The SMILES string of the molecule is C=CCN1CC[C@@]2(c3cccc(O)c3)C[C@H](N(C)C(=O)C#Cc3ccc(C(F)(F)F)cc3)CC[C@]2(O)C1. The molecule has 2 aromatic rings. The summed E-state index contributed by atoms with van der Waals surface area (Å²) >= 11 is 0. The van der Waals surface area contributed by atoms with Crippen LogP contribution in [0.1, 0.15) is 42.4 Å². The number of benzene rings is 2. The molecule has 0 spiro atoms. The second kappa shape index (κ2) is 10.2. The number of carbonyl (C=O) groups excluding carboxylic acids is 1. The molecule has 196 valence electrons. The highest BCUT2D eigenvalue weighted by molar-refractivity contribution is 5.94. The van der Waals surface area contributed by atoms with Crippen LogP contribution in [-0.4, -0.2) is 64.2 Å². The van der Waals surface area contributed by atoms with Gasteiger partial charge in [0.15, 0.2) is 0 Å². The zero-order valence-corrected chi connectivity index (χ0v) is 20.8. The van der Waals surface area contributed by atoms with Gasteiger partial charge in [-0.2, -0.15) is 13.2 Å². The van der Waals surface area contributed by atoms with Crippen LogP contribution < -0.4 is 0 Å². The van der Waals surface area contributed by atoms with Gasteiger partial charge in [0.2, 0.25) is 0 Å². The summed E-state index contributed by atoms with van der Waals surface area (Å²) < 4.78 is 38.4. The third kappa shape index (κ3) is 5.39. The van der Waals surface area contributed by atoms with Crippen molar-refractivity contribution in [1.29, 1.82) is 0 Å². The maximum absolute atomic E-state index is 13.0. The zero-order valence-electron chi connectivity index (χ0n) is 20.8. The van der Waals surface area contributed by atoms with Gasteiger partial charge in [-0.05, 0) is 74.2 Å². The molecule has 0 bridgehead atoms. The summed E-state index contributed by atoms with van der Waals surface area (Å²) in [7, 11) is 1.67. The van der Waals surface area contributed by atoms with Crippen molar-refractivity contribution in [1.82, 2.24) is 9.80 Å². The number of phenolic OH excluding ortho intramolecular Hbond substituents is 1. The Balaban J connectivity index is 1.57. The van der Waals surface area contributed by atoms with Crippen molar-refractivity contribution in [3.63, 3.8) is 0 Å². The Labute approximate surface area is 215 Å². The van der Waals surface area contributed by atoms with Gasteiger partial charge in [-0.25, -0.2) is 0 Å². The van der Waals surface area contributed by atoms with Crippen LogP contribution >= 0.6 is 0 Å². The Kier molecular flexibility index (Phi) is 7.40. The number of halogens is 3. The van der Waals surface area contributed by atoms with E-state index >= 15 is 0 Å². The number of likely N-dealkylation sites (tertiary alicyclic amines) is 1. The largest absolute Gasteiger partial charge is 0.508 e. The summed E-state index contributed by atoms with van der Waals surface area (Å²) in [5, 5.41) is 22.2. The normalized spacial score (nSPS) is 25.9. The number of β-amino-alcohol motifs (C(OH)–C–C–N with tert-alkyl or cyclic N) is 1. The fraction of sp³-hybridized carbons (Fsp3) is 0.414. The van der Waals surface area contributed by atoms with E-state index in [9.17, 15) is 28.2 Å². The first-order chi connectivity index (χ1) is 17.5. The molecule has 2 fully saturated rings. The van der Waals surface area contributed by atoms with Gasteiger partial charge < -0.3 is 15.1 Å². The Bertz CT molecular complexity index is 1220. The van der Waals surface area contributed by atoms with Gasteiger partial charge in [-0.15, -0.1) is 6.58 Å². The third-order valence-electron chi connectivity index (χ3n) is 7.89. The Hall–Kier alpha value is -3.28. The lowest BCUT2D eigenvalue weighted by atomic mass is 9.55. The molecule has 3 atom stereocenters. The molecule has 5 nitrogen and oxygen atoms in total. The first-order valence-corrected chi connectivity index (χ1v) is 12.3. The van der Waals surface area contributed by atoms with Crippen molar-refractivity contribution < 1.29 is 28.2 Å². The molecule has 37 heavy (non-hydrogen) atoms. The lowest BCUT2D eigenvalue weighted by Crippen LogP contribution is -2.67. The fourth-order valence-electron chi connectivity index (χ4n) is 5.83. The molecule has 1 aliphatic carbocycles. The quantitative estimate of drug-likeness (QED) is 0.473. The van der Waals surface area contributed by atoms with Crippen LogP contribution in [-0.2, 0) is 16.4 Å². The minimum absolute atomic E-state index is 0.122.